The topological polar surface area (TPSA) is 113 Å². The molecule has 0 aliphatic carbocycles. The van der Waals surface area contributed by atoms with E-state index in [0.717, 1.165) is 0 Å². The number of rotatable bonds is 3. The second kappa shape index (κ2) is 5.33. The lowest BCUT2D eigenvalue weighted by molar-refractivity contribution is -0.132. The maximum Gasteiger partial charge on any atom is 0.356 e. The number of sulfonamides is 1. The van der Waals surface area contributed by atoms with Gasteiger partial charge in [-0.3, -0.25) is 4.72 Å². The van der Waals surface area contributed by atoms with Crippen molar-refractivity contribution >= 4 is 21.8 Å². The van der Waals surface area contributed by atoms with Crippen LogP contribution in [0.2, 0.25) is 0 Å². The molecule has 0 unspecified atom stereocenters. The van der Waals surface area contributed by atoms with Crippen molar-refractivity contribution in [3.8, 4) is 11.5 Å². The Kier molecular flexibility index (Phi) is 3.45. The van der Waals surface area contributed by atoms with E-state index in [0.29, 0.717) is 5.75 Å². The van der Waals surface area contributed by atoms with E-state index in [-0.39, 0.29) is 16.2 Å². The molecule has 8 heteroatoms. The Balaban J connectivity index is 2.10. The van der Waals surface area contributed by atoms with Crippen LogP contribution in [-0.4, -0.2) is 24.6 Å². The molecule has 0 spiro atoms. The summed E-state index contributed by atoms with van der Waals surface area (Å²) in [6, 6.07) is 12.7. The third-order valence-corrected chi connectivity index (χ3v) is 4.57. The molecule has 0 amide bonds. The summed E-state index contributed by atoms with van der Waals surface area (Å²) >= 11 is 0. The first-order chi connectivity index (χ1) is 10.9. The summed E-state index contributed by atoms with van der Waals surface area (Å²) in [5, 5.41) is 19.0. The van der Waals surface area contributed by atoms with Gasteiger partial charge in [0.25, 0.3) is 10.0 Å². The summed E-state index contributed by atoms with van der Waals surface area (Å²) in [6.07, 6.45) is 0. The molecule has 3 rings (SSSR count). The number of aliphatic hydroxyl groups excluding tert-OH is 1. The molecule has 1 aliphatic rings. The zero-order chi connectivity index (χ0) is 16.6. The molecule has 118 valence electrons. The molecule has 1 aliphatic heterocycles. The summed E-state index contributed by atoms with van der Waals surface area (Å²) in [7, 11) is -4.06. The maximum absolute atomic E-state index is 12.0. The number of hydrogen-bond acceptors (Lipinski definition) is 5. The molecule has 0 aromatic heterocycles. The van der Waals surface area contributed by atoms with Gasteiger partial charge in [-0.15, -0.1) is 0 Å². The molecular formula is C15H11NO6S. The smallest absolute Gasteiger partial charge is 0.356 e. The predicted octanol–water partition coefficient (Wildman–Crippen LogP) is 2.08. The minimum absolute atomic E-state index is 0.130. The average molecular weight is 333 g/mol. The van der Waals surface area contributed by atoms with Gasteiger partial charge in [-0.1, -0.05) is 18.2 Å². The Morgan fingerprint density at radius 3 is 2.39 bits per heavy atom. The number of fused-ring (bicyclic) bond motifs is 1. The van der Waals surface area contributed by atoms with Crippen molar-refractivity contribution in [2.45, 2.75) is 4.90 Å². The number of ether oxygens (including phenoxy) is 1. The van der Waals surface area contributed by atoms with Crippen molar-refractivity contribution in [2.24, 2.45) is 0 Å². The molecule has 0 fully saturated rings. The van der Waals surface area contributed by atoms with Crippen LogP contribution in [0, 0.1) is 0 Å². The van der Waals surface area contributed by atoms with Crippen LogP contribution in [0.15, 0.2) is 59.1 Å². The van der Waals surface area contributed by atoms with Gasteiger partial charge in [0.05, 0.1) is 4.90 Å². The number of aliphatic hydroxyl groups is 1. The maximum atomic E-state index is 12.0. The number of carboxylic acid groups (broad SMARTS) is 1. The molecule has 0 saturated heterocycles. The molecular weight excluding hydrogens is 322 g/mol. The largest absolute Gasteiger partial charge is 0.505 e. The van der Waals surface area contributed by atoms with E-state index in [1.807, 2.05) is 10.8 Å². The van der Waals surface area contributed by atoms with Crippen molar-refractivity contribution in [1.82, 2.24) is 4.72 Å². The Hall–Kier alpha value is -3.00. The standard InChI is InChI=1S/C15H11NO6S/c17-14-11-8-10(22-9-4-2-1-3-5-9)6-7-12(11)23(20,21)16-13(14)15(18)19/h1-8,16-17H,(H,18,19). The number of benzene rings is 2. The first-order valence-electron chi connectivity index (χ1n) is 6.45. The normalized spacial score (nSPS) is 15.5. The van der Waals surface area contributed by atoms with Gasteiger partial charge in [-0.05, 0) is 30.3 Å². The summed E-state index contributed by atoms with van der Waals surface area (Å²) in [6.45, 7) is 0. The zero-order valence-corrected chi connectivity index (χ0v) is 12.4. The first-order valence-corrected chi connectivity index (χ1v) is 7.93. The lowest BCUT2D eigenvalue weighted by atomic mass is 10.1. The molecule has 0 bridgehead atoms. The van der Waals surface area contributed by atoms with E-state index >= 15 is 0 Å². The highest BCUT2D eigenvalue weighted by molar-refractivity contribution is 7.89. The van der Waals surface area contributed by atoms with Crippen LogP contribution in [0.5, 0.6) is 11.5 Å². The van der Waals surface area contributed by atoms with Crippen molar-refractivity contribution in [1.29, 1.82) is 0 Å². The monoisotopic (exact) mass is 333 g/mol. The number of nitrogens with one attached hydrogen (secondary N) is 1. The second-order valence-corrected chi connectivity index (χ2v) is 6.36. The molecule has 0 atom stereocenters. The third kappa shape index (κ3) is 2.71. The lowest BCUT2D eigenvalue weighted by Crippen LogP contribution is -2.32. The highest BCUT2D eigenvalue weighted by Crippen LogP contribution is 2.33. The highest BCUT2D eigenvalue weighted by Gasteiger charge is 2.33. The lowest BCUT2D eigenvalue weighted by Gasteiger charge is -2.20. The summed E-state index contributed by atoms with van der Waals surface area (Å²) < 4.78 is 31.5. The van der Waals surface area contributed by atoms with Gasteiger partial charge in [0.15, 0.2) is 11.5 Å². The van der Waals surface area contributed by atoms with Crippen molar-refractivity contribution in [3.05, 3.63) is 59.8 Å². The number of carbonyl (C=O) groups is 1. The molecule has 23 heavy (non-hydrogen) atoms. The Morgan fingerprint density at radius 2 is 1.74 bits per heavy atom. The van der Waals surface area contributed by atoms with Gasteiger partial charge in [-0.2, -0.15) is 0 Å². The average Bonchev–Trinajstić information content (AvgIpc) is 2.51. The fourth-order valence-electron chi connectivity index (χ4n) is 2.13. The fraction of sp³-hybridized carbons (Fsp3) is 0. The molecule has 1 heterocycles. The van der Waals surface area contributed by atoms with E-state index in [9.17, 15) is 18.3 Å². The van der Waals surface area contributed by atoms with Crippen LogP contribution in [0.4, 0.5) is 0 Å². The van der Waals surface area contributed by atoms with E-state index in [4.69, 9.17) is 9.84 Å². The summed E-state index contributed by atoms with van der Waals surface area (Å²) in [5.74, 6) is -1.46. The van der Waals surface area contributed by atoms with Crippen LogP contribution in [0.3, 0.4) is 0 Å². The van der Waals surface area contributed by atoms with E-state index in [1.165, 1.54) is 18.2 Å². The Bertz CT molecular complexity index is 918. The molecule has 3 N–H and O–H groups in total. The van der Waals surface area contributed by atoms with Crippen LogP contribution in [-0.2, 0) is 14.8 Å². The van der Waals surface area contributed by atoms with Crippen LogP contribution in [0.25, 0.3) is 5.76 Å². The Morgan fingerprint density at radius 1 is 1.04 bits per heavy atom. The molecule has 0 saturated carbocycles. The third-order valence-electron chi connectivity index (χ3n) is 3.16. The van der Waals surface area contributed by atoms with E-state index < -0.39 is 27.4 Å². The van der Waals surface area contributed by atoms with Gasteiger partial charge >= 0.3 is 5.97 Å². The molecule has 0 radical (unpaired) electrons. The minimum atomic E-state index is -4.06. The quantitative estimate of drug-likeness (QED) is 0.792. The van der Waals surface area contributed by atoms with Crippen LogP contribution >= 0.6 is 0 Å². The van der Waals surface area contributed by atoms with E-state index in [2.05, 4.69) is 0 Å². The minimum Gasteiger partial charge on any atom is -0.505 e. The molecule has 2 aromatic rings. The molecule has 2 aromatic carbocycles. The zero-order valence-electron chi connectivity index (χ0n) is 11.6. The first kappa shape index (κ1) is 14.9. The fourth-order valence-corrected chi connectivity index (χ4v) is 3.39. The number of aliphatic carboxylic acids is 1. The Labute approximate surface area is 131 Å². The summed E-state index contributed by atoms with van der Waals surface area (Å²) in [5.41, 5.74) is -0.927. The second-order valence-electron chi connectivity index (χ2n) is 4.71. The van der Waals surface area contributed by atoms with Crippen LogP contribution in [0.1, 0.15) is 5.56 Å². The highest BCUT2D eigenvalue weighted by atomic mass is 32.2. The number of hydrogen-bond donors (Lipinski definition) is 3. The summed E-state index contributed by atoms with van der Waals surface area (Å²) in [4.78, 5) is 10.8. The number of para-hydroxylation sites is 1. The van der Waals surface area contributed by atoms with Crippen molar-refractivity contribution < 1.29 is 28.2 Å². The van der Waals surface area contributed by atoms with Gasteiger partial charge in [0, 0.05) is 5.56 Å². The van der Waals surface area contributed by atoms with Gasteiger partial charge < -0.3 is 14.9 Å². The van der Waals surface area contributed by atoms with E-state index in [1.54, 1.807) is 24.3 Å². The predicted molar refractivity (Wildman–Crippen MR) is 80.5 cm³/mol. The SMILES string of the molecule is O=C(O)C1=C(O)c2cc(Oc3ccccc3)ccc2S(=O)(=O)N1. The van der Waals surface area contributed by atoms with Crippen molar-refractivity contribution in [3.63, 3.8) is 0 Å². The van der Waals surface area contributed by atoms with Crippen molar-refractivity contribution in [2.75, 3.05) is 0 Å². The number of carboxylic acids is 1. The van der Waals surface area contributed by atoms with Crippen LogP contribution < -0.4 is 9.46 Å². The molecule has 7 nitrogen and oxygen atoms in total. The van der Waals surface area contributed by atoms with Gasteiger partial charge in [-0.25, -0.2) is 13.2 Å². The van der Waals surface area contributed by atoms with Gasteiger partial charge in [0.1, 0.15) is 11.5 Å². The van der Waals surface area contributed by atoms with Gasteiger partial charge in [0.2, 0.25) is 0 Å².